The van der Waals surface area contributed by atoms with Crippen molar-refractivity contribution in [3.8, 4) is 5.75 Å². The topological polar surface area (TPSA) is 82.8 Å². The maximum Gasteiger partial charge on any atom is 0.306 e. The largest absolute Gasteiger partial charge is 0.503 e. The van der Waals surface area contributed by atoms with Gasteiger partial charge in [0.05, 0.1) is 12.1 Å². The summed E-state index contributed by atoms with van der Waals surface area (Å²) in [6, 6.07) is 1.90. The van der Waals surface area contributed by atoms with E-state index in [0.29, 0.717) is 25.4 Å². The molecule has 0 spiro atoms. The van der Waals surface area contributed by atoms with Crippen molar-refractivity contribution in [1.82, 2.24) is 9.47 Å². The fourth-order valence-corrected chi connectivity index (χ4v) is 2.97. The van der Waals surface area contributed by atoms with E-state index in [1.165, 1.54) is 6.07 Å². The highest BCUT2D eigenvalue weighted by Gasteiger charge is 2.28. The summed E-state index contributed by atoms with van der Waals surface area (Å²) in [5, 5.41) is 18.6. The molecule has 6 nitrogen and oxygen atoms in total. The minimum Gasteiger partial charge on any atom is -0.503 e. The molecular formula is C15H20N2O4. The Bertz CT molecular complexity index is 598. The second-order valence-corrected chi connectivity index (χ2v) is 6.04. The van der Waals surface area contributed by atoms with E-state index in [2.05, 4.69) is 4.90 Å². The van der Waals surface area contributed by atoms with E-state index in [4.69, 9.17) is 5.11 Å². The summed E-state index contributed by atoms with van der Waals surface area (Å²) in [5.74, 6) is -1.16. The Hall–Kier alpha value is -1.82. The van der Waals surface area contributed by atoms with Crippen LogP contribution in [0.2, 0.25) is 0 Å². The van der Waals surface area contributed by atoms with Crippen LogP contribution in [0, 0.1) is 5.92 Å². The fourth-order valence-electron chi connectivity index (χ4n) is 2.97. The number of hydrogen-bond acceptors (Lipinski definition) is 4. The molecule has 1 saturated carbocycles. The first-order valence-corrected chi connectivity index (χ1v) is 7.44. The first-order valence-electron chi connectivity index (χ1n) is 7.44. The summed E-state index contributed by atoms with van der Waals surface area (Å²) in [5.41, 5.74) is 0.566. The van der Waals surface area contributed by atoms with Crippen LogP contribution in [-0.2, 0) is 11.3 Å². The van der Waals surface area contributed by atoms with Crippen molar-refractivity contribution in [1.29, 1.82) is 0 Å². The van der Waals surface area contributed by atoms with Crippen LogP contribution in [-0.4, -0.2) is 38.7 Å². The molecule has 1 saturated heterocycles. The van der Waals surface area contributed by atoms with Crippen LogP contribution in [0.1, 0.15) is 37.4 Å². The van der Waals surface area contributed by atoms with Gasteiger partial charge in [-0.15, -0.1) is 0 Å². The number of carbonyl (C=O) groups is 1. The van der Waals surface area contributed by atoms with Crippen LogP contribution in [0.4, 0.5) is 0 Å². The van der Waals surface area contributed by atoms with Crippen LogP contribution in [0.25, 0.3) is 0 Å². The summed E-state index contributed by atoms with van der Waals surface area (Å²) >= 11 is 0. The lowest BCUT2D eigenvalue weighted by Crippen LogP contribution is -2.36. The van der Waals surface area contributed by atoms with Crippen LogP contribution < -0.4 is 5.43 Å². The van der Waals surface area contributed by atoms with Gasteiger partial charge in [-0.1, -0.05) is 0 Å². The molecule has 1 aromatic rings. The minimum absolute atomic E-state index is 0.199. The molecule has 0 radical (unpaired) electrons. The zero-order chi connectivity index (χ0) is 15.0. The van der Waals surface area contributed by atoms with E-state index in [9.17, 15) is 14.7 Å². The Kier molecular flexibility index (Phi) is 3.71. The molecule has 1 aliphatic heterocycles. The van der Waals surface area contributed by atoms with Gasteiger partial charge in [0.1, 0.15) is 0 Å². The lowest BCUT2D eigenvalue weighted by molar-refractivity contribution is -0.143. The molecule has 0 aromatic carbocycles. The normalized spacial score (nSPS) is 20.6. The van der Waals surface area contributed by atoms with E-state index in [1.54, 1.807) is 6.20 Å². The van der Waals surface area contributed by atoms with Gasteiger partial charge in [0.25, 0.3) is 0 Å². The number of carboxylic acids is 1. The van der Waals surface area contributed by atoms with E-state index < -0.39 is 5.97 Å². The Morgan fingerprint density at radius 1 is 1.24 bits per heavy atom. The van der Waals surface area contributed by atoms with Crippen molar-refractivity contribution in [2.45, 2.75) is 38.3 Å². The molecule has 114 valence electrons. The molecule has 2 aliphatic rings. The lowest BCUT2D eigenvalue weighted by atomic mass is 9.97. The number of piperidine rings is 1. The maximum atomic E-state index is 11.7. The van der Waals surface area contributed by atoms with Gasteiger partial charge in [0, 0.05) is 24.3 Å². The molecule has 1 aromatic heterocycles. The summed E-state index contributed by atoms with van der Waals surface area (Å²) < 4.78 is 2.00. The van der Waals surface area contributed by atoms with E-state index in [0.717, 1.165) is 31.6 Å². The monoisotopic (exact) mass is 292 g/mol. The number of aromatic hydroxyl groups is 1. The number of aliphatic carboxylic acids is 1. The smallest absolute Gasteiger partial charge is 0.306 e. The second kappa shape index (κ2) is 5.52. The molecule has 0 atom stereocenters. The molecule has 3 rings (SSSR count). The molecule has 0 bridgehead atoms. The molecule has 0 amide bonds. The number of likely N-dealkylation sites (tertiary alicyclic amines) is 1. The van der Waals surface area contributed by atoms with E-state index >= 15 is 0 Å². The van der Waals surface area contributed by atoms with Gasteiger partial charge in [-0.05, 0) is 38.8 Å². The highest BCUT2D eigenvalue weighted by atomic mass is 16.4. The molecule has 0 unspecified atom stereocenters. The maximum absolute atomic E-state index is 11.7. The molecule has 1 aliphatic carbocycles. The number of aromatic nitrogens is 1. The molecule has 21 heavy (non-hydrogen) atoms. The third-order valence-electron chi connectivity index (χ3n) is 4.41. The molecule has 2 heterocycles. The summed E-state index contributed by atoms with van der Waals surface area (Å²) in [7, 11) is 0. The number of pyridine rings is 1. The number of carboxylic acid groups (broad SMARTS) is 1. The average Bonchev–Trinajstić information content (AvgIpc) is 3.27. The van der Waals surface area contributed by atoms with Crippen molar-refractivity contribution in [3.05, 3.63) is 28.2 Å². The highest BCUT2D eigenvalue weighted by molar-refractivity contribution is 5.70. The Morgan fingerprint density at radius 2 is 1.90 bits per heavy atom. The van der Waals surface area contributed by atoms with Gasteiger partial charge in [-0.2, -0.15) is 0 Å². The third kappa shape index (κ3) is 3.10. The van der Waals surface area contributed by atoms with Crippen molar-refractivity contribution in [3.63, 3.8) is 0 Å². The number of hydrogen-bond donors (Lipinski definition) is 2. The minimum atomic E-state index is -0.714. The van der Waals surface area contributed by atoms with Gasteiger partial charge in [0.2, 0.25) is 5.43 Å². The summed E-state index contributed by atoms with van der Waals surface area (Å²) in [6.07, 6.45) is 5.01. The van der Waals surface area contributed by atoms with Gasteiger partial charge in [-0.25, -0.2) is 0 Å². The third-order valence-corrected chi connectivity index (χ3v) is 4.41. The summed E-state index contributed by atoms with van der Waals surface area (Å²) in [4.78, 5) is 24.8. The van der Waals surface area contributed by atoms with Gasteiger partial charge < -0.3 is 14.8 Å². The zero-order valence-corrected chi connectivity index (χ0v) is 11.9. The Morgan fingerprint density at radius 3 is 2.48 bits per heavy atom. The van der Waals surface area contributed by atoms with Crippen molar-refractivity contribution in [2.24, 2.45) is 5.92 Å². The first kappa shape index (κ1) is 14.1. The van der Waals surface area contributed by atoms with Crippen LogP contribution in [0.3, 0.4) is 0 Å². The molecule has 2 N–H and O–H groups in total. The van der Waals surface area contributed by atoms with Gasteiger partial charge >= 0.3 is 5.97 Å². The van der Waals surface area contributed by atoms with Crippen molar-refractivity contribution in [2.75, 3.05) is 13.1 Å². The van der Waals surface area contributed by atoms with Gasteiger partial charge in [0.15, 0.2) is 5.75 Å². The lowest BCUT2D eigenvalue weighted by Gasteiger charge is -2.30. The Balaban J connectivity index is 1.72. The standard InChI is InChI=1S/C15H20N2O4/c18-13-7-12(17(9-14(13)19)11-1-2-11)8-16-5-3-10(4-6-16)15(20)21/h7,9-11,19H,1-6,8H2,(H,20,21). The summed E-state index contributed by atoms with van der Waals surface area (Å²) in [6.45, 7) is 2.10. The first-order chi connectivity index (χ1) is 10.0. The average molecular weight is 292 g/mol. The number of nitrogens with zero attached hydrogens (tertiary/aromatic N) is 2. The van der Waals surface area contributed by atoms with E-state index in [-0.39, 0.29) is 17.1 Å². The zero-order valence-electron chi connectivity index (χ0n) is 11.9. The molecule has 2 fully saturated rings. The highest BCUT2D eigenvalue weighted by Crippen LogP contribution is 2.36. The van der Waals surface area contributed by atoms with Crippen LogP contribution in [0.15, 0.2) is 17.1 Å². The second-order valence-electron chi connectivity index (χ2n) is 6.04. The van der Waals surface area contributed by atoms with Crippen molar-refractivity contribution < 1.29 is 15.0 Å². The predicted molar refractivity (Wildman–Crippen MR) is 76.3 cm³/mol. The predicted octanol–water partition coefficient (Wildman–Crippen LogP) is 1.19. The Labute approximate surface area is 122 Å². The fraction of sp³-hybridized carbons (Fsp3) is 0.600. The number of rotatable bonds is 4. The van der Waals surface area contributed by atoms with Crippen molar-refractivity contribution >= 4 is 5.97 Å². The molecule has 6 heteroatoms. The molecular weight excluding hydrogens is 272 g/mol. The van der Waals surface area contributed by atoms with Crippen LogP contribution >= 0.6 is 0 Å². The van der Waals surface area contributed by atoms with Gasteiger partial charge in [-0.3, -0.25) is 14.5 Å². The quantitative estimate of drug-likeness (QED) is 0.871. The van der Waals surface area contributed by atoms with Crippen LogP contribution in [0.5, 0.6) is 5.75 Å². The SMILES string of the molecule is O=C(O)C1CCN(Cc2cc(=O)c(O)cn2C2CC2)CC1. The van der Waals surface area contributed by atoms with E-state index in [1.807, 2.05) is 4.57 Å².